The summed E-state index contributed by atoms with van der Waals surface area (Å²) >= 11 is 17.7. The number of rotatable bonds is 23. The molecule has 22 nitrogen and oxygen atoms in total. The third-order valence-corrected chi connectivity index (χ3v) is 27.3. The summed E-state index contributed by atoms with van der Waals surface area (Å²) in [5.74, 6) is -7.28. The van der Waals surface area contributed by atoms with Crippen LogP contribution >= 0.6 is 116 Å². The van der Waals surface area contributed by atoms with E-state index in [4.69, 9.17) is 0 Å². The van der Waals surface area contributed by atoms with Gasteiger partial charge >= 0.3 is 29.8 Å². The SMILES string of the molecule is CC(=O)Nc1ccc(C(=O)Nc2scc(-c3ccc(Br)cc3)c2C(=O)O)cc1.CCCc1ccc(C(=O)Nc2scc(-c3ccc(Br)cc3)c2C(=O)O)cc1.Cc1ccc(-c2csc(NC(=O)c3ccc4sccc4c3)c2C(=O)O)cc1.Cc1ccc(C(=O)Nc2scc(-c3ccc(C)c(C)c3)c2C(=O)O)cc1.Cc1cccc(C(=O)Nc2scc(-c3ccc(Br)cc3)c2C(=O)O)c1. The van der Waals surface area contributed by atoms with Crippen molar-refractivity contribution in [1.29, 1.82) is 0 Å². The maximum absolute atomic E-state index is 12.7. The molecule has 0 aliphatic rings. The number of hydrogen-bond donors (Lipinski definition) is 11. The number of aromatic carboxylic acids is 5. The van der Waals surface area contributed by atoms with E-state index in [1.807, 2.05) is 204 Å². The maximum atomic E-state index is 12.7. The summed E-state index contributed by atoms with van der Waals surface area (Å²) in [7, 11) is 0. The van der Waals surface area contributed by atoms with Gasteiger partial charge in [-0.2, -0.15) is 0 Å². The smallest absolute Gasteiger partial charge is 0.339 e. The van der Waals surface area contributed by atoms with Crippen LogP contribution in [-0.4, -0.2) is 90.8 Å². The molecule has 0 saturated carbocycles. The molecule has 672 valence electrons. The second kappa shape index (κ2) is 45.4. The third kappa shape index (κ3) is 25.5. The zero-order valence-corrected chi connectivity index (χ0v) is 81.4. The summed E-state index contributed by atoms with van der Waals surface area (Å²) in [5, 5.41) is 78.0. The van der Waals surface area contributed by atoms with Gasteiger partial charge in [-0.1, -0.05) is 193 Å². The maximum Gasteiger partial charge on any atom is 0.339 e. The van der Waals surface area contributed by atoms with Crippen molar-refractivity contribution < 1.29 is 78.3 Å². The van der Waals surface area contributed by atoms with Crippen molar-refractivity contribution in [2.24, 2.45) is 0 Å². The molecule has 0 fully saturated rings. The molecule has 6 heterocycles. The Morgan fingerprint density at radius 1 is 0.301 bits per heavy atom. The van der Waals surface area contributed by atoms with Crippen LogP contribution in [0.15, 0.2) is 282 Å². The molecule has 0 spiro atoms. The number of carbonyl (C=O) groups excluding carboxylic acids is 6. The summed E-state index contributed by atoms with van der Waals surface area (Å²) in [6.45, 7) is 13.3. The molecule has 31 heteroatoms. The first-order valence-corrected chi connectivity index (χ1v) is 48.1. The van der Waals surface area contributed by atoms with Gasteiger partial charge in [0.1, 0.15) is 52.8 Å². The fraction of sp³-hybridized carbons (Fsp3) is 0.0882. The number of amides is 6. The van der Waals surface area contributed by atoms with Gasteiger partial charge in [-0.3, -0.25) is 28.8 Å². The summed E-state index contributed by atoms with van der Waals surface area (Å²) < 4.78 is 3.82. The molecular weight excluding hydrogens is 2000 g/mol. The Hall–Kier alpha value is -13.7. The van der Waals surface area contributed by atoms with Gasteiger partial charge in [0.05, 0.1) is 0 Å². The number of fused-ring (bicyclic) bond motifs is 1. The number of nitrogens with one attached hydrogen (secondary N) is 6. The molecule has 6 amide bonds. The number of carboxylic acids is 5. The highest BCUT2D eigenvalue weighted by molar-refractivity contribution is 9.11. The molecule has 6 aromatic heterocycles. The highest BCUT2D eigenvalue weighted by atomic mass is 79.9. The van der Waals surface area contributed by atoms with E-state index in [1.165, 1.54) is 57.8 Å². The highest BCUT2D eigenvalue weighted by Gasteiger charge is 2.28. The quantitative estimate of drug-likeness (QED) is 0.0283. The predicted molar refractivity (Wildman–Crippen MR) is 546 cm³/mol. The zero-order chi connectivity index (χ0) is 95.4. The average molecular weight is 2080 g/mol. The number of halogens is 3. The minimum Gasteiger partial charge on any atom is -0.478 e. The van der Waals surface area contributed by atoms with Crippen molar-refractivity contribution in [1.82, 2.24) is 0 Å². The third-order valence-electron chi connectivity index (χ3n) is 20.3. The van der Waals surface area contributed by atoms with Crippen LogP contribution in [0.2, 0.25) is 0 Å². The Morgan fingerprint density at radius 3 is 0.962 bits per heavy atom. The summed E-state index contributed by atoms with van der Waals surface area (Å²) in [5.41, 5.74) is 16.9. The van der Waals surface area contributed by atoms with Crippen molar-refractivity contribution >= 4 is 222 Å². The van der Waals surface area contributed by atoms with E-state index < -0.39 is 35.8 Å². The Morgan fingerprint density at radius 2 is 0.617 bits per heavy atom. The van der Waals surface area contributed by atoms with Gasteiger partial charge in [0.15, 0.2) is 0 Å². The fourth-order valence-electron chi connectivity index (χ4n) is 13.4. The van der Waals surface area contributed by atoms with Crippen molar-refractivity contribution in [3.8, 4) is 55.6 Å². The van der Waals surface area contributed by atoms with Gasteiger partial charge < -0.3 is 57.4 Å². The van der Waals surface area contributed by atoms with E-state index in [9.17, 15) is 78.3 Å². The van der Waals surface area contributed by atoms with E-state index in [2.05, 4.69) is 86.6 Å². The van der Waals surface area contributed by atoms with Crippen molar-refractivity contribution in [3.63, 3.8) is 0 Å². The van der Waals surface area contributed by atoms with Crippen LogP contribution in [0, 0.1) is 34.6 Å². The van der Waals surface area contributed by atoms with Gasteiger partial charge in [0, 0.05) is 113 Å². The van der Waals surface area contributed by atoms with Crippen molar-refractivity contribution in [2.45, 2.75) is 61.3 Å². The molecule has 0 radical (unpaired) electrons. The van der Waals surface area contributed by atoms with Crippen molar-refractivity contribution in [2.75, 3.05) is 31.9 Å². The number of hydrogen-bond acceptors (Lipinski definition) is 17. The second-order valence-electron chi connectivity index (χ2n) is 29.9. The Balaban J connectivity index is 0.000000150. The van der Waals surface area contributed by atoms with E-state index in [0.717, 1.165) is 103 Å². The zero-order valence-electron chi connectivity index (χ0n) is 71.7. The molecule has 16 rings (SSSR count). The summed E-state index contributed by atoms with van der Waals surface area (Å²) in [6, 6.07) is 71.0. The topological polar surface area (TPSA) is 361 Å². The summed E-state index contributed by atoms with van der Waals surface area (Å²) in [4.78, 5) is 133. The number of aryl methyl sites for hydroxylation is 6. The van der Waals surface area contributed by atoms with Gasteiger partial charge in [-0.15, -0.1) is 68.0 Å². The van der Waals surface area contributed by atoms with E-state index in [-0.39, 0.29) is 62.4 Å². The van der Waals surface area contributed by atoms with E-state index >= 15 is 0 Å². The molecule has 0 saturated heterocycles. The molecule has 0 aliphatic carbocycles. The van der Waals surface area contributed by atoms with Crippen LogP contribution in [-0.2, 0) is 11.2 Å². The molecule has 0 aliphatic heterocycles. The van der Waals surface area contributed by atoms with E-state index in [0.29, 0.717) is 81.3 Å². The van der Waals surface area contributed by atoms with Crippen LogP contribution in [0.5, 0.6) is 0 Å². The molecule has 0 bridgehead atoms. The number of carbonyl (C=O) groups is 11. The normalized spacial score (nSPS) is 10.6. The van der Waals surface area contributed by atoms with Crippen LogP contribution in [0.25, 0.3) is 65.7 Å². The lowest BCUT2D eigenvalue weighted by Gasteiger charge is -2.08. The molecule has 10 aromatic carbocycles. The van der Waals surface area contributed by atoms with Crippen LogP contribution in [0.4, 0.5) is 30.7 Å². The van der Waals surface area contributed by atoms with Gasteiger partial charge in [-0.25, -0.2) is 24.0 Å². The number of thiophene rings is 6. The van der Waals surface area contributed by atoms with Gasteiger partial charge in [0.25, 0.3) is 29.5 Å². The van der Waals surface area contributed by atoms with Gasteiger partial charge in [0.2, 0.25) is 5.91 Å². The van der Waals surface area contributed by atoms with Crippen molar-refractivity contribution in [3.05, 3.63) is 371 Å². The lowest BCUT2D eigenvalue weighted by molar-refractivity contribution is -0.114. The fourth-order valence-corrected chi connectivity index (χ4v) is 19.7. The molecule has 11 N–H and O–H groups in total. The average Bonchev–Trinajstić information content (AvgIpc) is 1.59. The highest BCUT2D eigenvalue weighted by Crippen LogP contribution is 2.43. The van der Waals surface area contributed by atoms with Crippen LogP contribution in [0.3, 0.4) is 0 Å². The van der Waals surface area contributed by atoms with Crippen LogP contribution < -0.4 is 31.9 Å². The Labute approximate surface area is 813 Å². The molecule has 0 atom stereocenters. The number of benzene rings is 10. The second-order valence-corrected chi connectivity index (χ2v) is 38.0. The molecule has 0 unspecified atom stereocenters. The minimum absolute atomic E-state index is 0.0514. The Bertz CT molecular complexity index is 7040. The first kappa shape index (κ1) is 98.3. The summed E-state index contributed by atoms with van der Waals surface area (Å²) in [6.07, 6.45) is 2.01. The predicted octanol–water partition coefficient (Wildman–Crippen LogP) is 27.8. The van der Waals surface area contributed by atoms with E-state index in [1.54, 1.807) is 111 Å². The lowest BCUT2D eigenvalue weighted by Crippen LogP contribution is -2.14. The first-order valence-electron chi connectivity index (χ1n) is 40.5. The standard InChI is InChI=1S/C21H18BrNO3S.C21H15NO3S2.C21H19NO3S.C20H15BrN2O4S.C19H14BrNO3S/c1-2-3-13-4-6-15(7-5-13)19(24)23-20-18(21(25)26)17(12-27-20)14-8-10-16(22)11-9-14;1-12-2-4-13(5-3-12)16-11-27-20(18(16)21(24)25)22-19(23)15-6-7-17-14(10-15)8-9-26-17;1-12-4-7-15(8-5-12)19(23)22-20-18(21(24)25)17(11-26-20)16-9-6-13(2)14(3)10-16;1-11(24)22-15-8-4-13(5-9-15)18(25)23-19-17(20(26)27)16(10-28-19)12-2-6-14(21)7-3-12;1-11-3-2-4-13(9-11)17(22)21-18-16(19(23)24)15(10-25-18)12-5-7-14(20)8-6-12/h4-12H,2-3H2,1H3,(H,23,24)(H,25,26);2-11H,1H3,(H,22,23)(H,24,25);4-11H,1-3H3,(H,22,23)(H,24,25);2-10H,1H3,(H,22,24)(H,23,25)(H,26,27);2-10H,1H3,(H,21,22)(H,23,24). The molecule has 16 aromatic rings. The first-order chi connectivity index (χ1) is 63.7. The number of anilines is 6. The lowest BCUT2D eigenvalue weighted by atomic mass is 9.99. The monoisotopic (exact) mass is 2070 g/mol. The Kier molecular flexibility index (Phi) is 33.6. The largest absolute Gasteiger partial charge is 0.478 e. The number of carboxylic acid groups (broad SMARTS) is 5. The minimum atomic E-state index is -1.12. The van der Waals surface area contributed by atoms with Crippen LogP contribution in [0.1, 0.15) is 157 Å². The molecule has 133 heavy (non-hydrogen) atoms. The van der Waals surface area contributed by atoms with Gasteiger partial charge in [-0.05, 0) is 218 Å². The molecular formula is C102H81Br3N6O16S6.